The fraction of sp³-hybridized carbons (Fsp3) is 0.0400. The van der Waals surface area contributed by atoms with E-state index in [0.29, 0.717) is 22.9 Å². The van der Waals surface area contributed by atoms with E-state index in [1.54, 1.807) is 42.5 Å². The molecule has 0 aromatic heterocycles. The van der Waals surface area contributed by atoms with Gasteiger partial charge in [-0.1, -0.05) is 54.6 Å². The van der Waals surface area contributed by atoms with Crippen LogP contribution in [0.1, 0.15) is 5.56 Å². The van der Waals surface area contributed by atoms with E-state index in [4.69, 9.17) is 10.5 Å². The van der Waals surface area contributed by atoms with Gasteiger partial charge < -0.3 is 10.5 Å². The first kappa shape index (κ1) is 20.5. The standard InChI is InChI=1S/C25H22N2O3S/c26-21-10-7-13-25(18-21)31(28,29)27(19-20-8-3-1-4-9-20)22-14-16-24(17-15-22)30-23-11-5-2-6-12-23/h1-18H,19,26H2. The molecule has 2 N–H and O–H groups in total. The second-order valence-electron chi connectivity index (χ2n) is 6.98. The maximum atomic E-state index is 13.5. The van der Waals surface area contributed by atoms with Crippen molar-refractivity contribution in [3.05, 3.63) is 115 Å². The molecular formula is C25H22N2O3S. The molecule has 0 aliphatic carbocycles. The Labute approximate surface area is 182 Å². The maximum Gasteiger partial charge on any atom is 0.264 e. The lowest BCUT2D eigenvalue weighted by molar-refractivity contribution is 0.482. The van der Waals surface area contributed by atoms with Crippen LogP contribution in [0.4, 0.5) is 11.4 Å². The minimum Gasteiger partial charge on any atom is -0.457 e. The molecule has 31 heavy (non-hydrogen) atoms. The Kier molecular flexibility index (Phi) is 5.91. The summed E-state index contributed by atoms with van der Waals surface area (Å²) < 4.78 is 34.2. The molecule has 0 aliphatic heterocycles. The van der Waals surface area contributed by atoms with E-state index >= 15 is 0 Å². The number of nitrogens with two attached hydrogens (primary N) is 1. The zero-order chi connectivity index (χ0) is 21.7. The molecule has 0 heterocycles. The van der Waals surface area contributed by atoms with E-state index < -0.39 is 10.0 Å². The van der Waals surface area contributed by atoms with Gasteiger partial charge in [-0.05, 0) is 60.2 Å². The number of hydrogen-bond acceptors (Lipinski definition) is 4. The van der Waals surface area contributed by atoms with E-state index in [-0.39, 0.29) is 11.4 Å². The molecule has 0 fully saturated rings. The van der Waals surface area contributed by atoms with Gasteiger partial charge in [-0.2, -0.15) is 0 Å². The topological polar surface area (TPSA) is 72.6 Å². The van der Waals surface area contributed by atoms with Gasteiger partial charge in [-0.3, -0.25) is 4.31 Å². The highest BCUT2D eigenvalue weighted by molar-refractivity contribution is 7.92. The number of nitrogen functional groups attached to an aromatic ring is 1. The molecule has 6 heteroatoms. The number of anilines is 2. The monoisotopic (exact) mass is 430 g/mol. The van der Waals surface area contributed by atoms with Crippen LogP contribution in [0.5, 0.6) is 11.5 Å². The minimum atomic E-state index is -3.83. The van der Waals surface area contributed by atoms with Crippen LogP contribution in [0, 0.1) is 0 Å². The van der Waals surface area contributed by atoms with Crippen molar-refractivity contribution in [3.63, 3.8) is 0 Å². The predicted molar refractivity (Wildman–Crippen MR) is 124 cm³/mol. The molecule has 0 bridgehead atoms. The van der Waals surface area contributed by atoms with Gasteiger partial charge >= 0.3 is 0 Å². The van der Waals surface area contributed by atoms with Gasteiger partial charge in [0.15, 0.2) is 0 Å². The Balaban J connectivity index is 1.69. The third kappa shape index (κ3) is 4.87. The van der Waals surface area contributed by atoms with Crippen LogP contribution in [0.2, 0.25) is 0 Å². The number of para-hydroxylation sites is 1. The van der Waals surface area contributed by atoms with Crippen molar-refractivity contribution in [1.29, 1.82) is 0 Å². The largest absolute Gasteiger partial charge is 0.457 e. The number of rotatable bonds is 7. The van der Waals surface area contributed by atoms with E-state index in [2.05, 4.69) is 0 Å². The highest BCUT2D eigenvalue weighted by atomic mass is 32.2. The molecule has 5 nitrogen and oxygen atoms in total. The summed E-state index contributed by atoms with van der Waals surface area (Å²) in [4.78, 5) is 0.146. The van der Waals surface area contributed by atoms with E-state index in [9.17, 15) is 8.42 Å². The summed E-state index contributed by atoms with van der Waals surface area (Å²) in [5.74, 6) is 1.33. The van der Waals surface area contributed by atoms with Gasteiger partial charge in [0, 0.05) is 5.69 Å². The zero-order valence-corrected chi connectivity index (χ0v) is 17.6. The highest BCUT2D eigenvalue weighted by Crippen LogP contribution is 2.30. The van der Waals surface area contributed by atoms with Crippen LogP contribution < -0.4 is 14.8 Å². The van der Waals surface area contributed by atoms with Crippen molar-refractivity contribution in [2.24, 2.45) is 0 Å². The average molecular weight is 431 g/mol. The predicted octanol–water partition coefficient (Wildman–Crippen LogP) is 5.46. The molecule has 0 radical (unpaired) electrons. The van der Waals surface area contributed by atoms with Crippen molar-refractivity contribution in [2.45, 2.75) is 11.4 Å². The fourth-order valence-corrected chi connectivity index (χ4v) is 4.68. The second-order valence-corrected chi connectivity index (χ2v) is 8.84. The Bertz CT molecular complexity index is 1240. The SMILES string of the molecule is Nc1cccc(S(=O)(=O)N(Cc2ccccc2)c2ccc(Oc3ccccc3)cc2)c1. The zero-order valence-electron chi connectivity index (χ0n) is 16.8. The third-order valence-electron chi connectivity index (χ3n) is 4.72. The summed E-state index contributed by atoms with van der Waals surface area (Å²) >= 11 is 0. The normalized spacial score (nSPS) is 11.1. The van der Waals surface area contributed by atoms with Crippen LogP contribution in [0.15, 0.2) is 114 Å². The lowest BCUT2D eigenvalue weighted by Crippen LogP contribution is -2.30. The van der Waals surface area contributed by atoms with E-state index in [1.807, 2.05) is 60.7 Å². The van der Waals surface area contributed by atoms with Gasteiger partial charge in [0.25, 0.3) is 10.0 Å². The molecule has 0 saturated carbocycles. The maximum absolute atomic E-state index is 13.5. The molecule has 4 aromatic rings. The Morgan fingerprint density at radius 2 is 1.32 bits per heavy atom. The Morgan fingerprint density at radius 1 is 0.710 bits per heavy atom. The summed E-state index contributed by atoms with van der Waals surface area (Å²) in [5, 5.41) is 0. The Morgan fingerprint density at radius 3 is 1.97 bits per heavy atom. The van der Waals surface area contributed by atoms with Crippen LogP contribution in [-0.2, 0) is 16.6 Å². The average Bonchev–Trinajstić information content (AvgIpc) is 2.79. The first-order valence-electron chi connectivity index (χ1n) is 9.77. The first-order valence-corrected chi connectivity index (χ1v) is 11.2. The summed E-state index contributed by atoms with van der Waals surface area (Å²) in [6, 6.07) is 32.2. The molecule has 0 atom stereocenters. The van der Waals surface area contributed by atoms with Gasteiger partial charge in [0.05, 0.1) is 17.1 Å². The summed E-state index contributed by atoms with van der Waals surface area (Å²) in [6.07, 6.45) is 0. The molecule has 0 amide bonds. The first-order chi connectivity index (χ1) is 15.0. The van der Waals surface area contributed by atoms with Crippen LogP contribution in [0.3, 0.4) is 0 Å². The fourth-order valence-electron chi connectivity index (χ4n) is 3.17. The number of sulfonamides is 1. The van der Waals surface area contributed by atoms with Crippen LogP contribution in [-0.4, -0.2) is 8.42 Å². The molecule has 0 aliphatic rings. The number of ether oxygens (including phenoxy) is 1. The molecule has 0 saturated heterocycles. The molecule has 156 valence electrons. The highest BCUT2D eigenvalue weighted by Gasteiger charge is 2.25. The van der Waals surface area contributed by atoms with Crippen molar-refractivity contribution in [3.8, 4) is 11.5 Å². The molecule has 4 aromatic carbocycles. The van der Waals surface area contributed by atoms with E-state index in [0.717, 1.165) is 5.56 Å². The van der Waals surface area contributed by atoms with Crippen LogP contribution >= 0.6 is 0 Å². The molecule has 4 rings (SSSR count). The lowest BCUT2D eigenvalue weighted by atomic mass is 10.2. The quantitative estimate of drug-likeness (QED) is 0.395. The second kappa shape index (κ2) is 8.93. The Hall–Kier alpha value is -3.77. The summed E-state index contributed by atoms with van der Waals surface area (Å²) in [5.41, 5.74) is 7.64. The minimum absolute atomic E-state index is 0.146. The van der Waals surface area contributed by atoms with Gasteiger partial charge in [0.1, 0.15) is 11.5 Å². The lowest BCUT2D eigenvalue weighted by Gasteiger charge is -2.25. The molecule has 0 spiro atoms. The summed E-state index contributed by atoms with van der Waals surface area (Å²) in [7, 11) is -3.83. The smallest absolute Gasteiger partial charge is 0.264 e. The molecular weight excluding hydrogens is 408 g/mol. The van der Waals surface area contributed by atoms with E-state index in [1.165, 1.54) is 10.4 Å². The van der Waals surface area contributed by atoms with Gasteiger partial charge in [-0.25, -0.2) is 8.42 Å². The molecule has 0 unspecified atom stereocenters. The number of nitrogens with zero attached hydrogens (tertiary/aromatic N) is 1. The number of hydrogen-bond donors (Lipinski definition) is 1. The van der Waals surface area contributed by atoms with Crippen molar-refractivity contribution in [1.82, 2.24) is 0 Å². The third-order valence-corrected chi connectivity index (χ3v) is 6.49. The van der Waals surface area contributed by atoms with Gasteiger partial charge in [-0.15, -0.1) is 0 Å². The van der Waals surface area contributed by atoms with Crippen molar-refractivity contribution >= 4 is 21.4 Å². The number of benzene rings is 4. The van der Waals surface area contributed by atoms with Gasteiger partial charge in [0.2, 0.25) is 0 Å². The summed E-state index contributed by atoms with van der Waals surface area (Å²) in [6.45, 7) is 0.191. The van der Waals surface area contributed by atoms with Crippen molar-refractivity contribution < 1.29 is 13.2 Å². The van der Waals surface area contributed by atoms with Crippen molar-refractivity contribution in [2.75, 3.05) is 10.0 Å². The van der Waals surface area contributed by atoms with Crippen LogP contribution in [0.25, 0.3) is 0 Å².